The standard InChI is InChI=1S/C13H15NO2S/c1-4-16-13(15)12-11(17-3)8-10-9(2)6-5-7-14(10)12/h5-8H,4H2,1-3H3. The third-order valence-electron chi connectivity index (χ3n) is 2.68. The van der Waals surface area contributed by atoms with E-state index >= 15 is 0 Å². The highest BCUT2D eigenvalue weighted by molar-refractivity contribution is 7.98. The zero-order chi connectivity index (χ0) is 12.4. The lowest BCUT2D eigenvalue weighted by atomic mass is 10.2. The van der Waals surface area contributed by atoms with Crippen molar-refractivity contribution in [3.8, 4) is 0 Å². The fourth-order valence-electron chi connectivity index (χ4n) is 1.87. The van der Waals surface area contributed by atoms with Crippen molar-refractivity contribution in [3.63, 3.8) is 0 Å². The van der Waals surface area contributed by atoms with Crippen LogP contribution in [0.2, 0.25) is 0 Å². The van der Waals surface area contributed by atoms with E-state index in [1.54, 1.807) is 11.8 Å². The zero-order valence-corrected chi connectivity index (χ0v) is 11.0. The summed E-state index contributed by atoms with van der Waals surface area (Å²) < 4.78 is 7.01. The lowest BCUT2D eigenvalue weighted by Crippen LogP contribution is -2.09. The van der Waals surface area contributed by atoms with Gasteiger partial charge >= 0.3 is 5.97 Å². The molecule has 0 amide bonds. The molecule has 0 saturated heterocycles. The minimum absolute atomic E-state index is 0.262. The van der Waals surface area contributed by atoms with Crippen LogP contribution in [0.5, 0.6) is 0 Å². The summed E-state index contributed by atoms with van der Waals surface area (Å²) in [7, 11) is 0. The number of aromatic nitrogens is 1. The first kappa shape index (κ1) is 12.0. The molecule has 0 bridgehead atoms. The molecule has 0 saturated carbocycles. The van der Waals surface area contributed by atoms with Crippen molar-refractivity contribution in [2.45, 2.75) is 18.7 Å². The van der Waals surface area contributed by atoms with Crippen molar-refractivity contribution in [3.05, 3.63) is 35.7 Å². The van der Waals surface area contributed by atoms with Gasteiger partial charge in [-0.05, 0) is 37.8 Å². The van der Waals surface area contributed by atoms with Crippen molar-refractivity contribution < 1.29 is 9.53 Å². The normalized spacial score (nSPS) is 10.8. The lowest BCUT2D eigenvalue weighted by Gasteiger charge is -2.05. The molecule has 4 heteroatoms. The van der Waals surface area contributed by atoms with E-state index in [-0.39, 0.29) is 5.97 Å². The number of carbonyl (C=O) groups is 1. The van der Waals surface area contributed by atoms with Gasteiger partial charge in [-0.15, -0.1) is 11.8 Å². The van der Waals surface area contributed by atoms with E-state index in [0.717, 1.165) is 16.0 Å². The summed E-state index contributed by atoms with van der Waals surface area (Å²) in [6.07, 6.45) is 3.86. The van der Waals surface area contributed by atoms with Crippen LogP contribution in [0, 0.1) is 6.92 Å². The fourth-order valence-corrected chi connectivity index (χ4v) is 2.48. The summed E-state index contributed by atoms with van der Waals surface area (Å²) in [4.78, 5) is 12.9. The largest absolute Gasteiger partial charge is 0.461 e. The molecule has 0 unspecified atom stereocenters. The number of rotatable bonds is 3. The summed E-state index contributed by atoms with van der Waals surface area (Å²) in [6, 6.07) is 6.01. The van der Waals surface area contributed by atoms with Gasteiger partial charge in [0.2, 0.25) is 0 Å². The van der Waals surface area contributed by atoms with Gasteiger partial charge in [0.15, 0.2) is 0 Å². The second-order valence-electron chi connectivity index (χ2n) is 3.73. The minimum Gasteiger partial charge on any atom is -0.461 e. The van der Waals surface area contributed by atoms with Gasteiger partial charge in [-0.25, -0.2) is 4.79 Å². The highest BCUT2D eigenvalue weighted by Gasteiger charge is 2.18. The molecular weight excluding hydrogens is 234 g/mol. The average Bonchev–Trinajstić information content (AvgIpc) is 2.69. The fraction of sp³-hybridized carbons (Fsp3) is 0.308. The van der Waals surface area contributed by atoms with Crippen molar-refractivity contribution in [2.75, 3.05) is 12.9 Å². The molecule has 2 rings (SSSR count). The number of aryl methyl sites for hydroxylation is 1. The number of nitrogens with zero attached hydrogens (tertiary/aromatic N) is 1. The number of esters is 1. The molecule has 17 heavy (non-hydrogen) atoms. The number of ether oxygens (including phenoxy) is 1. The summed E-state index contributed by atoms with van der Waals surface area (Å²) in [5.74, 6) is -0.262. The van der Waals surface area contributed by atoms with Crippen LogP contribution in [0.4, 0.5) is 0 Å². The van der Waals surface area contributed by atoms with Gasteiger partial charge in [0, 0.05) is 16.6 Å². The first-order valence-electron chi connectivity index (χ1n) is 5.50. The molecule has 0 aliphatic rings. The smallest absolute Gasteiger partial charge is 0.356 e. The molecule has 0 fully saturated rings. The Morgan fingerprint density at radius 1 is 1.53 bits per heavy atom. The zero-order valence-electron chi connectivity index (χ0n) is 10.2. The van der Waals surface area contributed by atoms with Crippen molar-refractivity contribution >= 4 is 23.2 Å². The van der Waals surface area contributed by atoms with Crippen LogP contribution in [-0.2, 0) is 4.74 Å². The number of fused-ring (bicyclic) bond motifs is 1. The molecule has 0 N–H and O–H groups in total. The van der Waals surface area contributed by atoms with Gasteiger partial charge in [0.05, 0.1) is 6.61 Å². The number of thioether (sulfide) groups is 1. The van der Waals surface area contributed by atoms with Crippen LogP contribution in [0.15, 0.2) is 29.3 Å². The van der Waals surface area contributed by atoms with E-state index in [2.05, 4.69) is 0 Å². The Kier molecular flexibility index (Phi) is 3.43. The van der Waals surface area contributed by atoms with Crippen LogP contribution in [0.25, 0.3) is 5.52 Å². The molecule has 90 valence electrons. The highest BCUT2D eigenvalue weighted by atomic mass is 32.2. The molecule has 0 spiro atoms. The number of carbonyl (C=O) groups excluding carboxylic acids is 1. The Bertz CT molecular complexity index is 560. The molecule has 0 atom stereocenters. The Hall–Kier alpha value is -1.42. The molecule has 0 aliphatic heterocycles. The summed E-state index contributed by atoms with van der Waals surface area (Å²) in [6.45, 7) is 4.25. The molecule has 0 aromatic carbocycles. The topological polar surface area (TPSA) is 30.7 Å². The van der Waals surface area contributed by atoms with Crippen LogP contribution in [-0.4, -0.2) is 23.2 Å². The predicted molar refractivity (Wildman–Crippen MR) is 69.9 cm³/mol. The van der Waals surface area contributed by atoms with E-state index in [9.17, 15) is 4.79 Å². The van der Waals surface area contributed by atoms with Crippen molar-refractivity contribution in [1.29, 1.82) is 0 Å². The molecule has 2 aromatic heterocycles. The van der Waals surface area contributed by atoms with E-state index in [4.69, 9.17) is 4.74 Å². The molecule has 0 aliphatic carbocycles. The van der Waals surface area contributed by atoms with Crippen LogP contribution in [0.3, 0.4) is 0 Å². The lowest BCUT2D eigenvalue weighted by molar-refractivity contribution is 0.0514. The Labute approximate surface area is 105 Å². The first-order chi connectivity index (χ1) is 8.19. The average molecular weight is 249 g/mol. The van der Waals surface area contributed by atoms with Crippen LogP contribution in [0.1, 0.15) is 23.0 Å². The van der Waals surface area contributed by atoms with Gasteiger partial charge in [-0.1, -0.05) is 6.07 Å². The molecule has 2 heterocycles. The summed E-state index contributed by atoms with van der Waals surface area (Å²) in [5, 5.41) is 0. The summed E-state index contributed by atoms with van der Waals surface area (Å²) in [5.41, 5.74) is 2.83. The van der Waals surface area contributed by atoms with Crippen molar-refractivity contribution in [2.24, 2.45) is 0 Å². The van der Waals surface area contributed by atoms with Gasteiger partial charge in [0.25, 0.3) is 0 Å². The Morgan fingerprint density at radius 3 is 2.94 bits per heavy atom. The minimum atomic E-state index is -0.262. The number of hydrogen-bond acceptors (Lipinski definition) is 3. The van der Waals surface area contributed by atoms with Gasteiger partial charge in [0.1, 0.15) is 5.69 Å². The van der Waals surface area contributed by atoms with Crippen molar-refractivity contribution in [1.82, 2.24) is 4.40 Å². The molecule has 3 nitrogen and oxygen atoms in total. The Balaban J connectivity index is 2.67. The molecular formula is C13H15NO2S. The van der Waals surface area contributed by atoms with Gasteiger partial charge < -0.3 is 9.14 Å². The molecule has 0 radical (unpaired) electrons. The van der Waals surface area contributed by atoms with Crippen LogP contribution >= 0.6 is 11.8 Å². The van der Waals surface area contributed by atoms with E-state index < -0.39 is 0 Å². The highest BCUT2D eigenvalue weighted by Crippen LogP contribution is 2.27. The maximum Gasteiger partial charge on any atom is 0.356 e. The van der Waals surface area contributed by atoms with E-state index in [1.807, 2.05) is 48.9 Å². The van der Waals surface area contributed by atoms with Gasteiger partial charge in [-0.3, -0.25) is 0 Å². The molecule has 2 aromatic rings. The first-order valence-corrected chi connectivity index (χ1v) is 6.73. The number of pyridine rings is 1. The van der Waals surface area contributed by atoms with Gasteiger partial charge in [-0.2, -0.15) is 0 Å². The quantitative estimate of drug-likeness (QED) is 0.618. The predicted octanol–water partition coefficient (Wildman–Crippen LogP) is 3.15. The van der Waals surface area contributed by atoms with E-state index in [0.29, 0.717) is 12.3 Å². The maximum atomic E-state index is 12.0. The second kappa shape index (κ2) is 4.84. The number of hydrogen-bond donors (Lipinski definition) is 0. The third-order valence-corrected chi connectivity index (χ3v) is 3.43. The SMILES string of the molecule is CCOC(=O)c1c(SC)cc2c(C)cccn12. The van der Waals surface area contributed by atoms with Crippen LogP contribution < -0.4 is 0 Å². The Morgan fingerprint density at radius 2 is 2.29 bits per heavy atom. The third kappa shape index (κ3) is 2.05. The van der Waals surface area contributed by atoms with E-state index in [1.165, 1.54) is 0 Å². The second-order valence-corrected chi connectivity index (χ2v) is 4.58. The monoisotopic (exact) mass is 249 g/mol. The maximum absolute atomic E-state index is 12.0. The summed E-state index contributed by atoms with van der Waals surface area (Å²) >= 11 is 1.56.